The minimum Gasteiger partial charge on any atom is -0.465 e. The number of rotatable bonds is 56. The molecule has 48 heteroatoms. The van der Waals surface area contributed by atoms with Gasteiger partial charge in [0.25, 0.3) is 17.4 Å². The number of amides is 14. The molecule has 9 rings (SSSR count). The number of primary amides is 2. The van der Waals surface area contributed by atoms with Crippen LogP contribution in [0.5, 0.6) is 5.75 Å². The van der Waals surface area contributed by atoms with Crippen molar-refractivity contribution in [3.05, 3.63) is 59.2 Å². The van der Waals surface area contributed by atoms with E-state index < -0.39 is 255 Å². The summed E-state index contributed by atoms with van der Waals surface area (Å²) in [4.78, 5) is 252. The fourth-order valence-electron chi connectivity index (χ4n) is 17.5. The lowest BCUT2D eigenvalue weighted by Crippen LogP contribution is -2.72. The van der Waals surface area contributed by atoms with Crippen LogP contribution in [0.25, 0.3) is 10.9 Å². The summed E-state index contributed by atoms with van der Waals surface area (Å²) < 4.78 is 78.4. The monoisotopic (exact) mass is 2070 g/mol. The number of likely N-dealkylation sites (N-methyl/N-ethyl adjacent to an activating group) is 1. The highest BCUT2D eigenvalue weighted by Crippen LogP contribution is 2.40. The molecule has 2 unspecified atom stereocenters. The maximum Gasteiger partial charge on any atom is 0.410 e. The summed E-state index contributed by atoms with van der Waals surface area (Å²) in [6.45, 7) is 7.40. The van der Waals surface area contributed by atoms with Crippen LogP contribution in [0.2, 0.25) is 0 Å². The molecule has 2 saturated heterocycles. The average molecular weight is 2070 g/mol. The summed E-state index contributed by atoms with van der Waals surface area (Å²) in [5.74, 6) is -20.8. The molecule has 145 heavy (non-hydrogen) atoms. The van der Waals surface area contributed by atoms with E-state index in [0.717, 1.165) is 14.7 Å². The standard InChI is InChI=1S/C97H147N15O32S/c1-9-60(4)85-90(127)103-53-82(121)104-75-58-145(133)91-72-46-65(88(125)102-54-83(122)107-85)47-78(118)86(61(5)79(119)56-113)108-93(129)97(144-69-16-17-70(72)74(52-69)106-91,80-51-68(115)55-112(80)92(128)66(48-77(75)117)49-81(98)120)94(130)109(7)25-26-111(27-30-137-35-38-141-43-41-140-37-34-136-29-21-84(123)110-23-18-64(19-24-110)87(124)100-6)96(132)143-57-63-14-12-62(13-15-63)45-76(116)73(11-10-22-101-95(99)131)105-89(126)71(59(2)3)50-67(114)20-28-135-33-36-139-42-44-142-40-39-138-32-31-134-8/h12-17,52,59-61,64-66,68,71,73,75,79-80,85-86,106,113,115,119H,9-11,18-51,53-58H2,1-8H3,(H2,98,120)(H,100,124)(H,102,125)(H,103,127)(H,104,121)(H,105,126)(H,107,122)(H,108,129)(H3,99,101,131)/t60-,61-,65-,66-,68+,71-,73-,75-,79-,80-,85-,86-,97?,145?/m0/s1. The molecule has 14 atom stereocenters. The number of carbonyl (C=O) groups is 17. The van der Waals surface area contributed by atoms with Crippen LogP contribution in [0.4, 0.5) is 9.59 Å². The van der Waals surface area contributed by atoms with Crippen LogP contribution in [-0.2, 0) is 150 Å². The van der Waals surface area contributed by atoms with Crippen LogP contribution in [0.15, 0.2) is 47.5 Å². The van der Waals surface area contributed by atoms with Gasteiger partial charge in [-0.2, -0.15) is 0 Å². The molecule has 7 heterocycles. The number of piperidine rings is 1. The Kier molecular flexibility index (Phi) is 50.5. The summed E-state index contributed by atoms with van der Waals surface area (Å²) in [6.07, 6.45) is -7.25. The first-order chi connectivity index (χ1) is 69.4. The largest absolute Gasteiger partial charge is 0.465 e. The number of urea groups is 1. The number of H-pyrrole nitrogens is 1. The minimum atomic E-state index is -3.34. The van der Waals surface area contributed by atoms with Gasteiger partial charge in [-0.3, -0.25) is 76.1 Å². The Labute approximate surface area is 845 Å². The molecule has 0 spiro atoms. The van der Waals surface area contributed by atoms with Gasteiger partial charge in [0.1, 0.15) is 29.2 Å². The minimum absolute atomic E-state index is 0.00957. The van der Waals surface area contributed by atoms with Crippen molar-refractivity contribution in [3.63, 3.8) is 0 Å². The van der Waals surface area contributed by atoms with Crippen molar-refractivity contribution in [1.29, 1.82) is 0 Å². The molecule has 0 aliphatic carbocycles. The number of carbonyl (C=O) groups excluding carboxylic acids is 17. The first kappa shape index (κ1) is 119. The number of fused-ring (bicyclic) bond motifs is 8. The zero-order valence-corrected chi connectivity index (χ0v) is 84.9. The lowest BCUT2D eigenvalue weighted by atomic mass is 9.83. The molecule has 47 nitrogen and oxygen atoms in total. The highest BCUT2D eigenvalue weighted by molar-refractivity contribution is 7.85. The van der Waals surface area contributed by atoms with Crippen LogP contribution < -0.4 is 58.7 Å². The highest BCUT2D eigenvalue weighted by Gasteiger charge is 2.63. The summed E-state index contributed by atoms with van der Waals surface area (Å²) in [5.41, 5.74) is 8.81. The van der Waals surface area contributed by atoms with E-state index in [0.29, 0.717) is 83.1 Å². The van der Waals surface area contributed by atoms with Crippen LogP contribution in [0.1, 0.15) is 128 Å². The third-order valence-electron chi connectivity index (χ3n) is 26.2. The molecule has 0 radical (unpaired) electrons. The number of ketones is 4. The number of nitrogens with zero attached hydrogens (tertiary/aromatic N) is 4. The molecule has 6 aliphatic heterocycles. The Bertz CT molecular complexity index is 4850. The topological polar surface area (TPSA) is 647 Å². The summed E-state index contributed by atoms with van der Waals surface area (Å²) in [5, 5.41) is 55.0. The van der Waals surface area contributed by atoms with Crippen molar-refractivity contribution in [3.8, 4) is 5.75 Å². The van der Waals surface area contributed by atoms with Gasteiger partial charge in [-0.05, 0) is 72.8 Å². The maximum atomic E-state index is 16.9. The van der Waals surface area contributed by atoms with Gasteiger partial charge in [0, 0.05) is 147 Å². The fraction of sp³-hybridized carbons (Fsp3) is 0.680. The second-order valence-electron chi connectivity index (χ2n) is 37.0. The predicted octanol–water partition coefficient (Wildman–Crippen LogP) is -2.40. The number of likely N-dealkylation sites (tertiary alicyclic amines) is 1. The first-order valence-electron chi connectivity index (χ1n) is 49.4. The zero-order valence-electron chi connectivity index (χ0n) is 84.1. The molecule has 16 N–H and O–H groups in total. The van der Waals surface area contributed by atoms with Crippen molar-refractivity contribution < 1.29 is 153 Å². The van der Waals surface area contributed by atoms with Gasteiger partial charge in [-0.15, -0.1) is 0 Å². The van der Waals surface area contributed by atoms with E-state index in [4.69, 9.17) is 63.6 Å². The summed E-state index contributed by atoms with van der Waals surface area (Å²) >= 11 is 0. The molecule has 808 valence electrons. The van der Waals surface area contributed by atoms with Gasteiger partial charge < -0.3 is 146 Å². The second-order valence-corrected chi connectivity index (χ2v) is 38.5. The van der Waals surface area contributed by atoms with Gasteiger partial charge in [-0.25, -0.2) is 9.59 Å². The molecule has 3 aromatic rings. The van der Waals surface area contributed by atoms with Crippen molar-refractivity contribution in [1.82, 2.24) is 67.1 Å². The van der Waals surface area contributed by atoms with Crippen molar-refractivity contribution >= 4 is 122 Å². The number of methoxy groups -OCH3 is 1. The smallest absolute Gasteiger partial charge is 0.410 e. The molecule has 6 aliphatic rings. The van der Waals surface area contributed by atoms with E-state index in [9.17, 15) is 68.1 Å². The van der Waals surface area contributed by atoms with Crippen LogP contribution >= 0.6 is 0 Å². The molecule has 14 amide bonds. The van der Waals surface area contributed by atoms with Gasteiger partial charge in [0.2, 0.25) is 53.2 Å². The Balaban J connectivity index is 1.07. The van der Waals surface area contributed by atoms with E-state index in [1.54, 1.807) is 71.0 Å². The van der Waals surface area contributed by atoms with Crippen LogP contribution in [0.3, 0.4) is 0 Å². The second kappa shape index (κ2) is 61.5. The molecule has 0 saturated carbocycles. The molecule has 2 fully saturated rings. The third-order valence-corrected chi connectivity index (χ3v) is 27.6. The number of nitrogens with two attached hydrogens (primary N) is 2. The summed E-state index contributed by atoms with van der Waals surface area (Å²) in [6, 6.07) is 1.06. The number of hydrogen-bond acceptors (Lipinski definition) is 32. The normalized spacial score (nSPS) is 21.5. The van der Waals surface area contributed by atoms with Crippen molar-refractivity contribution in [2.45, 2.75) is 184 Å². The quantitative estimate of drug-likeness (QED) is 0.0207. The van der Waals surface area contributed by atoms with E-state index in [-0.39, 0.29) is 181 Å². The van der Waals surface area contributed by atoms with E-state index in [1.165, 1.54) is 32.2 Å². The van der Waals surface area contributed by atoms with Crippen molar-refractivity contribution in [2.75, 3.05) is 205 Å². The Hall–Kier alpha value is -11.2. The molecule has 2 aromatic carbocycles. The number of aliphatic hydroxyl groups excluding tert-OH is 3. The maximum absolute atomic E-state index is 16.9. The fourth-order valence-corrected chi connectivity index (χ4v) is 18.9. The van der Waals surface area contributed by atoms with Gasteiger partial charge in [-0.1, -0.05) is 65.3 Å². The number of Topliss-reactive ketones (excluding diaryl/α,β-unsaturated/α-hetero) is 4. The highest BCUT2D eigenvalue weighted by atomic mass is 32.2. The lowest BCUT2D eigenvalue weighted by molar-refractivity contribution is -0.167. The van der Waals surface area contributed by atoms with Crippen LogP contribution in [-0.4, -0.2) is 397 Å². The zero-order chi connectivity index (χ0) is 106. The van der Waals surface area contributed by atoms with Crippen LogP contribution in [0, 0.1) is 41.4 Å². The van der Waals surface area contributed by atoms with E-state index >= 15 is 33.0 Å². The number of ether oxygens (including phenoxy) is 11. The predicted molar refractivity (Wildman–Crippen MR) is 519 cm³/mol. The number of nitrogens with one attached hydrogen (secondary N) is 9. The number of aliphatic hydroxyl groups is 3. The van der Waals surface area contributed by atoms with Gasteiger partial charge in [0.05, 0.1) is 203 Å². The first-order valence-corrected chi connectivity index (χ1v) is 50.8. The summed E-state index contributed by atoms with van der Waals surface area (Å²) in [7, 11) is 1.83. The number of aromatic nitrogens is 1. The van der Waals surface area contributed by atoms with E-state index in [1.807, 2.05) is 0 Å². The number of hydrogen-bond donors (Lipinski definition) is 14. The number of aromatic amines is 1. The molecule has 8 bridgehead atoms. The molecular weight excluding hydrogens is 1920 g/mol. The Morgan fingerprint density at radius 3 is 1.88 bits per heavy atom. The Morgan fingerprint density at radius 1 is 0.697 bits per heavy atom. The van der Waals surface area contributed by atoms with Gasteiger partial charge >= 0.3 is 12.1 Å². The Morgan fingerprint density at radius 2 is 1.29 bits per heavy atom. The SMILES string of the molecule is CC[C@H](C)[C@@H]1NC(=O)CNC(=O)[C@@H]2CC(=O)[C@H]([C@@H](C)[C@@H](O)CO)NC(=O)C3(C(=O)N(C)CCN(CCOCCOCCOCCOCCC(=O)N4CCC(C(=O)NC)CC4)C(=O)OCc4ccc(CC(=O)[C@H](CCCNC(N)=O)NC(=O)[C@@H](CC(=O)CCOCCOCCOCCOCCOC)C(C)C)cc4)Oc4ccc5c(c([nH]c5c4)S(=O)C[C@H](NC(=O)CNC1=O)C(=O)C[C@@H](CC(N)=O)C(=O)N1C[C@H](O)C[C@H]13)C2. The van der Waals surface area contributed by atoms with Gasteiger partial charge in [0.15, 0.2) is 17.3 Å². The van der Waals surface area contributed by atoms with E-state index in [2.05, 4.69) is 47.5 Å². The lowest BCUT2D eigenvalue weighted by Gasteiger charge is -2.43. The van der Waals surface area contributed by atoms with Crippen molar-refractivity contribution in [2.24, 2.45) is 52.9 Å². The third kappa shape index (κ3) is 37.3. The number of benzene rings is 2. The molecule has 1 aromatic heterocycles. The average Bonchev–Trinajstić information content (AvgIpc) is 1.64. The molecular formula is C97H147N15O32S.